The van der Waals surface area contributed by atoms with Crippen molar-refractivity contribution >= 4 is 110 Å². The van der Waals surface area contributed by atoms with E-state index in [0.29, 0.717) is 11.1 Å². The predicted octanol–water partition coefficient (Wildman–Crippen LogP) is 17.4. The molecule has 0 radical (unpaired) electrons. The molecule has 1 aliphatic carbocycles. The summed E-state index contributed by atoms with van der Waals surface area (Å²) in [6.07, 6.45) is 12.6. The van der Waals surface area contributed by atoms with Crippen LogP contribution in [0, 0.1) is 0 Å². The van der Waals surface area contributed by atoms with Crippen LogP contribution >= 0.6 is 23.1 Å². The minimum absolute atomic E-state index is 0.137. The fourth-order valence-corrected chi connectivity index (χ4v) is 12.8. The minimum atomic E-state index is -0.137. The number of unbranched alkanes of at least 4 members (excludes halogenated alkanes) is 6. The van der Waals surface area contributed by atoms with E-state index in [9.17, 15) is 0 Å². The molecule has 0 bridgehead atoms. The van der Waals surface area contributed by atoms with Gasteiger partial charge in [0.25, 0.3) is 5.04 Å². The number of thiophene rings is 1. The zero-order chi connectivity index (χ0) is 47.6. The van der Waals surface area contributed by atoms with E-state index >= 15 is 9.90 Å². The molecule has 70 heavy (non-hydrogen) atoms. The lowest BCUT2D eigenvalue weighted by Gasteiger charge is -2.32. The number of carbonyl (C=O) groups is 1. The van der Waals surface area contributed by atoms with Gasteiger partial charge in [0.2, 0.25) is 11.4 Å². The van der Waals surface area contributed by atoms with Crippen LogP contribution in [0.3, 0.4) is 0 Å². The molecular formula is C64H56N2O2S2. The largest absolute Gasteiger partial charge is 0.871 e. The molecule has 1 aromatic heterocycles. The molecule has 2 aliphatic rings. The van der Waals surface area contributed by atoms with Gasteiger partial charge in [-0.3, -0.25) is 4.79 Å². The first-order valence-corrected chi connectivity index (χ1v) is 26.7. The number of hydrogen-bond donors (Lipinski definition) is 0. The van der Waals surface area contributed by atoms with Gasteiger partial charge < -0.3 is 10.0 Å². The highest BCUT2D eigenvalue weighted by Crippen LogP contribution is 2.51. The summed E-state index contributed by atoms with van der Waals surface area (Å²) in [5.41, 5.74) is 6.94. The van der Waals surface area contributed by atoms with Gasteiger partial charge in [-0.2, -0.15) is 0 Å². The van der Waals surface area contributed by atoms with Crippen LogP contribution in [0.15, 0.2) is 204 Å². The summed E-state index contributed by atoms with van der Waals surface area (Å²) in [7, 11) is 0. The Kier molecular flexibility index (Phi) is 13.1. The maximum Gasteiger partial charge on any atom is 0.251 e. The van der Waals surface area contributed by atoms with Crippen molar-refractivity contribution in [2.45, 2.75) is 78.1 Å². The van der Waals surface area contributed by atoms with Crippen molar-refractivity contribution < 1.29 is 9.90 Å². The molecule has 8 aromatic carbocycles. The molecule has 0 saturated heterocycles. The third-order valence-corrected chi connectivity index (χ3v) is 16.3. The van der Waals surface area contributed by atoms with Crippen LogP contribution in [0.2, 0.25) is 0 Å². The first-order chi connectivity index (χ1) is 34.4. The Morgan fingerprint density at radius 3 is 1.47 bits per heavy atom. The maximum absolute atomic E-state index is 15.1. The number of aryl methyl sites for hydroxylation is 1. The lowest BCUT2D eigenvalue weighted by atomic mass is 9.83. The van der Waals surface area contributed by atoms with Crippen LogP contribution in [-0.4, -0.2) is 10.8 Å². The van der Waals surface area contributed by atoms with E-state index in [1.165, 1.54) is 21.5 Å². The van der Waals surface area contributed by atoms with E-state index in [0.717, 1.165) is 139 Å². The molecule has 6 heteroatoms. The second-order valence-electron chi connectivity index (χ2n) is 18.7. The van der Waals surface area contributed by atoms with Gasteiger partial charge in [-0.15, -0.1) is 15.9 Å². The monoisotopic (exact) mass is 948 g/mol. The van der Waals surface area contributed by atoms with E-state index in [1.807, 2.05) is 0 Å². The SMILES string of the molecule is CCCCCCC1=CC(=[N+](c2ccc3ccccc3c2)c2ccc3ccccc3c2)S/C1=C1\C(=O)C(c2sc(N(c3ccc4ccccc4c3)c3ccc4ccccc4c3)cc2CCCCCC)=C1[O-]. The van der Waals surface area contributed by atoms with E-state index in [1.54, 1.807) is 23.1 Å². The number of nitrogens with zero attached hydrogens (tertiary/aromatic N) is 2. The first-order valence-electron chi connectivity index (χ1n) is 25.1. The van der Waals surface area contributed by atoms with Crippen molar-refractivity contribution in [1.29, 1.82) is 0 Å². The summed E-state index contributed by atoms with van der Waals surface area (Å²) >= 11 is 3.16. The minimum Gasteiger partial charge on any atom is -0.871 e. The second-order valence-corrected chi connectivity index (χ2v) is 20.8. The highest BCUT2D eigenvalue weighted by Gasteiger charge is 2.39. The van der Waals surface area contributed by atoms with Crippen molar-refractivity contribution in [2.75, 3.05) is 4.90 Å². The van der Waals surface area contributed by atoms with E-state index in [4.69, 9.17) is 0 Å². The molecule has 2 heterocycles. The number of anilines is 3. The summed E-state index contributed by atoms with van der Waals surface area (Å²) in [4.78, 5) is 19.1. The van der Waals surface area contributed by atoms with Gasteiger partial charge in [-0.1, -0.05) is 167 Å². The van der Waals surface area contributed by atoms with E-state index < -0.39 is 0 Å². The first kappa shape index (κ1) is 45.5. The normalized spacial score (nSPS) is 14.9. The Labute approximate surface area is 419 Å². The molecule has 0 amide bonds. The molecular weight excluding hydrogens is 893 g/mol. The third-order valence-electron chi connectivity index (χ3n) is 14.0. The zero-order valence-corrected chi connectivity index (χ0v) is 41.6. The van der Waals surface area contributed by atoms with Crippen LogP contribution in [0.25, 0.3) is 48.7 Å². The van der Waals surface area contributed by atoms with Crippen LogP contribution in [0.1, 0.15) is 82.1 Å². The van der Waals surface area contributed by atoms with Gasteiger partial charge in [-0.05, 0) is 134 Å². The fourth-order valence-electron chi connectivity index (χ4n) is 10.2. The third kappa shape index (κ3) is 8.91. The highest BCUT2D eigenvalue weighted by molar-refractivity contribution is 8.18. The zero-order valence-electron chi connectivity index (χ0n) is 39.9. The molecule has 0 atom stereocenters. The molecule has 346 valence electrons. The number of rotatable bonds is 16. The number of hydrogen-bond acceptors (Lipinski definition) is 5. The highest BCUT2D eigenvalue weighted by atomic mass is 32.2. The van der Waals surface area contributed by atoms with E-state index in [-0.39, 0.29) is 11.5 Å². The Morgan fingerprint density at radius 2 is 0.971 bits per heavy atom. The number of allylic oxidation sites excluding steroid dienone is 3. The smallest absolute Gasteiger partial charge is 0.251 e. The standard InChI is InChI=1S/C64H56N2O2S2/c1-3-5-7-9-27-51-41-57(65(53-33-29-43-19-11-15-23-47(43)37-53)54-34-30-44-20-12-16-24-48(44)38-54)69-63(51)59-61(67)60(62(59)68)64-52(28-10-8-6-4-2)42-58(70-64)66(55-35-31-45-21-13-17-25-49(45)39-55)56-36-32-46-22-14-18-26-50(46)40-56/h11-26,29-42H,3-10,27-28H2,1-2H3. The lowest BCUT2D eigenvalue weighted by molar-refractivity contribution is -0.297. The predicted molar refractivity (Wildman–Crippen MR) is 300 cm³/mol. The second kappa shape index (κ2) is 20.2. The van der Waals surface area contributed by atoms with Crippen LogP contribution in [0.4, 0.5) is 27.8 Å². The van der Waals surface area contributed by atoms with Gasteiger partial charge >= 0.3 is 0 Å². The molecule has 9 aromatic rings. The van der Waals surface area contributed by atoms with Crippen molar-refractivity contribution in [3.8, 4) is 0 Å². The van der Waals surface area contributed by atoms with Crippen molar-refractivity contribution in [3.63, 3.8) is 0 Å². The molecule has 4 nitrogen and oxygen atoms in total. The summed E-state index contributed by atoms with van der Waals surface area (Å²) in [6, 6.07) is 62.6. The topological polar surface area (TPSA) is 46.4 Å². The van der Waals surface area contributed by atoms with E-state index in [2.05, 4.69) is 205 Å². The lowest BCUT2D eigenvalue weighted by Crippen LogP contribution is -2.30. The van der Waals surface area contributed by atoms with Crippen molar-refractivity contribution in [2.24, 2.45) is 0 Å². The molecule has 11 rings (SSSR count). The Morgan fingerprint density at radius 1 is 0.500 bits per heavy atom. The average Bonchev–Trinajstić information content (AvgIpc) is 3.99. The van der Waals surface area contributed by atoms with Gasteiger partial charge in [0.05, 0.1) is 0 Å². The number of Topliss-reactive ketones (excluding diaryl/α,β-unsaturated/α-hetero) is 1. The molecule has 1 aliphatic heterocycles. The van der Waals surface area contributed by atoms with Crippen LogP contribution < -0.4 is 14.6 Å². The molecule has 0 fully saturated rings. The van der Waals surface area contributed by atoms with Gasteiger partial charge in [0.1, 0.15) is 5.00 Å². The Hall–Kier alpha value is -6.99. The Balaban J connectivity index is 1.05. The van der Waals surface area contributed by atoms with Gasteiger partial charge in [0.15, 0.2) is 5.78 Å². The van der Waals surface area contributed by atoms with Crippen molar-refractivity contribution in [3.05, 3.63) is 214 Å². The molecule has 0 unspecified atom stereocenters. The Bertz CT molecular complexity index is 3450. The average molecular weight is 949 g/mol. The summed E-state index contributed by atoms with van der Waals surface area (Å²) in [6.45, 7) is 4.46. The number of ketones is 1. The fraction of sp³-hybridized carbons (Fsp3) is 0.188. The van der Waals surface area contributed by atoms with Crippen LogP contribution in [-0.2, 0) is 11.2 Å². The maximum atomic E-state index is 15.1. The number of benzene rings is 8. The van der Waals surface area contributed by atoms with Crippen molar-refractivity contribution in [1.82, 2.24) is 4.58 Å². The van der Waals surface area contributed by atoms with Gasteiger partial charge in [-0.25, -0.2) is 0 Å². The van der Waals surface area contributed by atoms with Gasteiger partial charge in [0, 0.05) is 62.6 Å². The molecule has 0 N–H and O–H groups in total. The summed E-state index contributed by atoms with van der Waals surface area (Å²) < 4.78 is 2.31. The number of thioether (sulfide) groups is 1. The molecule has 0 saturated carbocycles. The van der Waals surface area contributed by atoms with Crippen LogP contribution in [0.5, 0.6) is 0 Å². The summed E-state index contributed by atoms with van der Waals surface area (Å²) in [5, 5.41) is 26.4. The number of carbonyl (C=O) groups excluding carboxylic acids is 1. The quantitative estimate of drug-likeness (QED) is 0.0550. The number of fused-ring (bicyclic) bond motifs is 4. The summed E-state index contributed by atoms with van der Waals surface area (Å²) in [5.74, 6) is -0.273. The molecule has 0 spiro atoms.